The van der Waals surface area contributed by atoms with Gasteiger partial charge in [-0.15, -0.1) is 0 Å². The van der Waals surface area contributed by atoms with E-state index in [1.165, 1.54) is 5.56 Å². The van der Waals surface area contributed by atoms with Gasteiger partial charge in [-0.1, -0.05) is 24.3 Å². The lowest BCUT2D eigenvalue weighted by Gasteiger charge is -2.28. The van der Waals surface area contributed by atoms with Gasteiger partial charge in [0.2, 0.25) is 0 Å². The number of aromatic carboxylic acids is 1. The molecule has 1 aliphatic heterocycles. The molecule has 1 aliphatic rings. The van der Waals surface area contributed by atoms with Crippen LogP contribution in [0.4, 0.5) is 5.69 Å². The van der Waals surface area contributed by atoms with Crippen LogP contribution in [0.3, 0.4) is 0 Å². The highest BCUT2D eigenvalue weighted by Gasteiger charge is 2.41. The highest BCUT2D eigenvalue weighted by atomic mass is 32.1. The van der Waals surface area contributed by atoms with Crippen LogP contribution >= 0.6 is 12.2 Å². The Balaban J connectivity index is 1.45. The summed E-state index contributed by atoms with van der Waals surface area (Å²) in [6.45, 7) is 5.81. The summed E-state index contributed by atoms with van der Waals surface area (Å²) in [6, 6.07) is 25.3. The molecule has 4 aromatic rings. The maximum atomic E-state index is 11.3. The molecular formula is C30H31N5O2S. The third kappa shape index (κ3) is 5.13. The fourth-order valence-electron chi connectivity index (χ4n) is 5.26. The van der Waals surface area contributed by atoms with Crippen molar-refractivity contribution in [2.24, 2.45) is 0 Å². The van der Waals surface area contributed by atoms with E-state index in [-0.39, 0.29) is 17.6 Å². The summed E-state index contributed by atoms with van der Waals surface area (Å²) in [4.78, 5) is 18.3. The van der Waals surface area contributed by atoms with Crippen LogP contribution in [0, 0.1) is 13.8 Å². The Morgan fingerprint density at radius 1 is 1.05 bits per heavy atom. The average Bonchev–Trinajstić information content (AvgIpc) is 3.42. The van der Waals surface area contributed by atoms with Gasteiger partial charge >= 0.3 is 5.97 Å². The van der Waals surface area contributed by atoms with E-state index >= 15 is 0 Å². The highest BCUT2D eigenvalue weighted by molar-refractivity contribution is 7.80. The molecule has 38 heavy (non-hydrogen) atoms. The van der Waals surface area contributed by atoms with E-state index in [9.17, 15) is 9.90 Å². The number of nitrogens with zero attached hydrogens (tertiary/aromatic N) is 3. The SMILES string of the molecule is Cc1cc([C@@H]2[C@@H](c3ccccn3)NC(=S)N2CCCNc2ccccc2)c(C)n1-c1ccc(C(=O)O)cc1. The molecular weight excluding hydrogens is 494 g/mol. The van der Waals surface area contributed by atoms with Crippen LogP contribution in [0.15, 0.2) is 85.1 Å². The van der Waals surface area contributed by atoms with Gasteiger partial charge in [-0.05, 0) is 92.6 Å². The van der Waals surface area contributed by atoms with E-state index in [2.05, 4.69) is 57.1 Å². The predicted octanol–water partition coefficient (Wildman–Crippen LogP) is 5.66. The number of aryl methyl sites for hydroxylation is 1. The van der Waals surface area contributed by atoms with Crippen molar-refractivity contribution in [2.75, 3.05) is 18.4 Å². The molecule has 0 amide bonds. The van der Waals surface area contributed by atoms with E-state index in [1.54, 1.807) is 12.1 Å². The first-order valence-electron chi connectivity index (χ1n) is 12.7. The number of hydrogen-bond acceptors (Lipinski definition) is 4. The molecule has 7 nitrogen and oxygen atoms in total. The molecule has 0 radical (unpaired) electrons. The minimum Gasteiger partial charge on any atom is -0.478 e. The zero-order valence-corrected chi connectivity index (χ0v) is 22.3. The van der Waals surface area contributed by atoms with Crippen molar-refractivity contribution >= 4 is 29.0 Å². The second kappa shape index (κ2) is 11.1. The van der Waals surface area contributed by atoms with Crippen molar-refractivity contribution in [3.63, 3.8) is 0 Å². The third-order valence-electron chi connectivity index (χ3n) is 7.04. The van der Waals surface area contributed by atoms with Crippen LogP contribution in [0.25, 0.3) is 5.69 Å². The van der Waals surface area contributed by atoms with Crippen molar-refractivity contribution in [3.05, 3.63) is 113 Å². The Hall–Kier alpha value is -4.17. The van der Waals surface area contributed by atoms with Gasteiger partial charge in [0.15, 0.2) is 5.11 Å². The summed E-state index contributed by atoms with van der Waals surface area (Å²) in [6.07, 6.45) is 2.73. The highest BCUT2D eigenvalue weighted by Crippen LogP contribution is 2.41. The van der Waals surface area contributed by atoms with E-state index in [1.807, 2.05) is 54.7 Å². The molecule has 2 aromatic carbocycles. The number of thiocarbonyl (C=S) groups is 1. The lowest BCUT2D eigenvalue weighted by atomic mass is 9.96. The fourth-order valence-corrected chi connectivity index (χ4v) is 5.59. The minimum atomic E-state index is -0.931. The molecule has 3 heterocycles. The second-order valence-electron chi connectivity index (χ2n) is 9.48. The topological polar surface area (TPSA) is 82.4 Å². The van der Waals surface area contributed by atoms with Crippen LogP contribution < -0.4 is 10.6 Å². The monoisotopic (exact) mass is 525 g/mol. The molecule has 194 valence electrons. The number of carbonyl (C=O) groups is 1. The Kier molecular flexibility index (Phi) is 7.42. The normalized spacial score (nSPS) is 16.9. The van der Waals surface area contributed by atoms with Gasteiger partial charge in [-0.2, -0.15) is 0 Å². The average molecular weight is 526 g/mol. The Bertz CT molecular complexity index is 1420. The lowest BCUT2D eigenvalue weighted by Crippen LogP contribution is -2.31. The molecule has 1 saturated heterocycles. The lowest BCUT2D eigenvalue weighted by molar-refractivity contribution is 0.0697. The largest absolute Gasteiger partial charge is 0.478 e. The summed E-state index contributed by atoms with van der Waals surface area (Å²) in [5.41, 5.74) is 6.59. The van der Waals surface area contributed by atoms with E-state index < -0.39 is 5.97 Å². The number of hydrogen-bond donors (Lipinski definition) is 3. The molecule has 0 unspecified atom stereocenters. The molecule has 0 aliphatic carbocycles. The summed E-state index contributed by atoms with van der Waals surface area (Å²) < 4.78 is 2.17. The number of rotatable bonds is 9. The quantitative estimate of drug-likeness (QED) is 0.192. The zero-order valence-electron chi connectivity index (χ0n) is 21.5. The first-order chi connectivity index (χ1) is 18.4. The number of anilines is 1. The van der Waals surface area contributed by atoms with Crippen molar-refractivity contribution in [1.82, 2.24) is 19.8 Å². The van der Waals surface area contributed by atoms with E-state index in [0.29, 0.717) is 0 Å². The van der Waals surface area contributed by atoms with Crippen molar-refractivity contribution < 1.29 is 9.90 Å². The van der Waals surface area contributed by atoms with Gasteiger partial charge in [-0.3, -0.25) is 4.98 Å². The molecule has 8 heteroatoms. The molecule has 1 fully saturated rings. The van der Waals surface area contributed by atoms with Gasteiger partial charge in [0.05, 0.1) is 23.3 Å². The Morgan fingerprint density at radius 2 is 1.79 bits per heavy atom. The third-order valence-corrected chi connectivity index (χ3v) is 7.39. The van der Waals surface area contributed by atoms with Crippen LogP contribution in [-0.2, 0) is 0 Å². The smallest absolute Gasteiger partial charge is 0.335 e. The molecule has 0 spiro atoms. The Labute approximate surface area is 228 Å². The van der Waals surface area contributed by atoms with Crippen LogP contribution in [0.5, 0.6) is 0 Å². The summed E-state index contributed by atoms with van der Waals surface area (Å²) in [7, 11) is 0. The van der Waals surface area contributed by atoms with E-state index in [4.69, 9.17) is 12.2 Å². The number of nitrogens with one attached hydrogen (secondary N) is 2. The fraction of sp³-hybridized carbons (Fsp3) is 0.233. The molecule has 0 saturated carbocycles. The Morgan fingerprint density at radius 3 is 2.47 bits per heavy atom. The van der Waals surface area contributed by atoms with Gasteiger partial charge < -0.3 is 25.2 Å². The van der Waals surface area contributed by atoms with E-state index in [0.717, 1.165) is 53.1 Å². The minimum absolute atomic E-state index is 0.0348. The number of carboxylic acids is 1. The van der Waals surface area contributed by atoms with Gasteiger partial charge in [0, 0.05) is 42.0 Å². The number of carboxylic acid groups (broad SMARTS) is 1. The van der Waals surface area contributed by atoms with Gasteiger partial charge in [-0.25, -0.2) is 4.79 Å². The maximum absolute atomic E-state index is 11.3. The second-order valence-corrected chi connectivity index (χ2v) is 9.87. The molecule has 0 bridgehead atoms. The summed E-state index contributed by atoms with van der Waals surface area (Å²) in [5.74, 6) is -0.931. The number of aromatic nitrogens is 2. The number of para-hydroxylation sites is 1. The first kappa shape index (κ1) is 25.5. The zero-order chi connectivity index (χ0) is 26.6. The number of pyridine rings is 1. The van der Waals surface area contributed by atoms with Crippen molar-refractivity contribution in [3.8, 4) is 5.69 Å². The van der Waals surface area contributed by atoms with Gasteiger partial charge in [0.25, 0.3) is 0 Å². The molecule has 5 rings (SSSR count). The van der Waals surface area contributed by atoms with Gasteiger partial charge in [0.1, 0.15) is 0 Å². The van der Waals surface area contributed by atoms with Crippen LogP contribution in [0.2, 0.25) is 0 Å². The van der Waals surface area contributed by atoms with Crippen molar-refractivity contribution in [1.29, 1.82) is 0 Å². The number of benzene rings is 2. The maximum Gasteiger partial charge on any atom is 0.335 e. The molecule has 2 aromatic heterocycles. The first-order valence-corrected chi connectivity index (χ1v) is 13.1. The summed E-state index contributed by atoms with van der Waals surface area (Å²) >= 11 is 5.86. The standard InChI is InChI=1S/C30H31N5O2S/c1-20-19-25(21(2)35(20)24-14-12-22(13-15-24)29(36)37)28-27(26-11-6-7-16-32-26)33-30(38)34(28)18-8-17-31-23-9-4-3-5-10-23/h3-7,9-16,19,27-28,31H,8,17-18H2,1-2H3,(H,33,38)(H,36,37)/t27-,28-/m1/s1. The van der Waals surface area contributed by atoms with Crippen LogP contribution in [-0.4, -0.2) is 43.7 Å². The molecule has 3 N–H and O–H groups in total. The summed E-state index contributed by atoms with van der Waals surface area (Å²) in [5, 5.41) is 17.1. The predicted molar refractivity (Wildman–Crippen MR) is 154 cm³/mol. The van der Waals surface area contributed by atoms with Crippen LogP contribution in [0.1, 0.15) is 51.5 Å². The molecule has 2 atom stereocenters. The van der Waals surface area contributed by atoms with Crippen molar-refractivity contribution in [2.45, 2.75) is 32.4 Å².